The van der Waals surface area contributed by atoms with Crippen LogP contribution in [0, 0.1) is 94.7 Å². The van der Waals surface area contributed by atoms with Crippen LogP contribution >= 0.6 is 0 Å². The summed E-state index contributed by atoms with van der Waals surface area (Å²) < 4.78 is 0. The second kappa shape index (κ2) is 13.2. The molecule has 0 amide bonds. The van der Waals surface area contributed by atoms with Crippen LogP contribution in [0.4, 0.5) is 0 Å². The van der Waals surface area contributed by atoms with E-state index in [1.165, 1.54) is 6.92 Å². The summed E-state index contributed by atoms with van der Waals surface area (Å²) in [5.41, 5.74) is 0. The molecule has 0 bridgehead atoms. The van der Waals surface area contributed by atoms with Crippen molar-refractivity contribution in [2.45, 2.75) is 13.8 Å². The largest absolute Gasteiger partial charge is 0.285 e. The molecule has 20 heavy (non-hydrogen) atoms. The number of ketones is 1. The van der Waals surface area contributed by atoms with E-state index in [4.69, 9.17) is 0 Å². The molecule has 0 aliphatic heterocycles. The van der Waals surface area contributed by atoms with Gasteiger partial charge < -0.3 is 0 Å². The number of rotatable bonds is 0. The minimum absolute atomic E-state index is 0.241. The maximum Gasteiger partial charge on any atom is 0.203 e. The first kappa shape index (κ1) is 16.1. The summed E-state index contributed by atoms with van der Waals surface area (Å²) in [6.45, 7) is 3.05. The normalized spacial score (nSPS) is 4.50. The van der Waals surface area contributed by atoms with E-state index in [2.05, 4.69) is 94.7 Å². The summed E-state index contributed by atoms with van der Waals surface area (Å²) in [7, 11) is 0. The highest BCUT2D eigenvalue weighted by molar-refractivity contribution is 5.93. The van der Waals surface area contributed by atoms with Gasteiger partial charge in [-0.3, -0.25) is 4.79 Å². The van der Waals surface area contributed by atoms with Gasteiger partial charge in [-0.05, 0) is 95.7 Å². The molecule has 0 aliphatic carbocycles. The first-order chi connectivity index (χ1) is 9.77. The molecule has 0 spiro atoms. The number of carbonyl (C=O) groups is 1. The highest BCUT2D eigenvalue weighted by Gasteiger charge is 1.74. The lowest BCUT2D eigenvalue weighted by Crippen LogP contribution is -1.78. The molecule has 0 radical (unpaired) electrons. The first-order valence-corrected chi connectivity index (χ1v) is 5.20. The Morgan fingerprint density at radius 3 is 1.15 bits per heavy atom. The second-order valence-electron chi connectivity index (χ2n) is 2.68. The Kier molecular flexibility index (Phi) is 10.7. The third-order valence-corrected chi connectivity index (χ3v) is 1.18. The van der Waals surface area contributed by atoms with Crippen molar-refractivity contribution in [2.75, 3.05) is 0 Å². The van der Waals surface area contributed by atoms with Crippen molar-refractivity contribution in [3.05, 3.63) is 0 Å². The Bertz CT molecular complexity index is 868. The van der Waals surface area contributed by atoms with Crippen LogP contribution in [0.5, 0.6) is 0 Å². The van der Waals surface area contributed by atoms with Crippen molar-refractivity contribution in [1.29, 1.82) is 0 Å². The molecule has 0 aromatic rings. The van der Waals surface area contributed by atoms with Crippen LogP contribution in [0.3, 0.4) is 0 Å². The molecule has 88 valence electrons. The monoisotopic (exact) mass is 250 g/mol. The molecular formula is C19H6O. The predicted molar refractivity (Wildman–Crippen MR) is 78.6 cm³/mol. The Labute approximate surface area is 119 Å². The fourth-order valence-electron chi connectivity index (χ4n) is 0.557. The van der Waals surface area contributed by atoms with Crippen LogP contribution in [0.15, 0.2) is 0 Å². The fraction of sp³-hybridized carbons (Fsp3) is 0.105. The molecule has 0 fully saturated rings. The van der Waals surface area contributed by atoms with Gasteiger partial charge in [0.05, 0.1) is 0 Å². The van der Waals surface area contributed by atoms with Crippen molar-refractivity contribution < 1.29 is 4.79 Å². The molecule has 0 N–H and O–H groups in total. The van der Waals surface area contributed by atoms with Crippen molar-refractivity contribution in [3.63, 3.8) is 0 Å². The van der Waals surface area contributed by atoms with E-state index in [9.17, 15) is 4.79 Å². The minimum Gasteiger partial charge on any atom is -0.285 e. The molecule has 0 heterocycles. The smallest absolute Gasteiger partial charge is 0.203 e. The van der Waals surface area contributed by atoms with Crippen LogP contribution in [0.1, 0.15) is 13.8 Å². The quantitative estimate of drug-likeness (QED) is 0.455. The van der Waals surface area contributed by atoms with Gasteiger partial charge in [-0.2, -0.15) is 0 Å². The van der Waals surface area contributed by atoms with Crippen molar-refractivity contribution >= 4 is 5.78 Å². The molecule has 0 aromatic heterocycles. The van der Waals surface area contributed by atoms with Gasteiger partial charge in [0, 0.05) is 6.92 Å². The maximum absolute atomic E-state index is 10.4. The summed E-state index contributed by atoms with van der Waals surface area (Å²) in [6.07, 6.45) is 0. The topological polar surface area (TPSA) is 17.1 Å². The Morgan fingerprint density at radius 2 is 0.850 bits per heavy atom. The van der Waals surface area contributed by atoms with Crippen LogP contribution in [-0.4, -0.2) is 5.78 Å². The van der Waals surface area contributed by atoms with E-state index < -0.39 is 0 Å². The third-order valence-electron chi connectivity index (χ3n) is 1.18. The highest BCUT2D eigenvalue weighted by Crippen LogP contribution is 1.61. The Hall–Kier alpha value is -3.85. The van der Waals surface area contributed by atoms with Crippen LogP contribution in [0.2, 0.25) is 0 Å². The van der Waals surface area contributed by atoms with E-state index in [0.29, 0.717) is 0 Å². The zero-order chi connectivity index (χ0) is 14.9. The second-order valence-corrected chi connectivity index (χ2v) is 2.68. The van der Waals surface area contributed by atoms with Gasteiger partial charge in [-0.15, -0.1) is 0 Å². The molecule has 0 unspecified atom stereocenters. The molecular weight excluding hydrogens is 244 g/mol. The van der Waals surface area contributed by atoms with Gasteiger partial charge in [0.2, 0.25) is 5.78 Å². The van der Waals surface area contributed by atoms with Crippen molar-refractivity contribution in [1.82, 2.24) is 0 Å². The first-order valence-electron chi connectivity index (χ1n) is 5.20. The van der Waals surface area contributed by atoms with E-state index in [0.717, 1.165) is 0 Å². The van der Waals surface area contributed by atoms with Crippen molar-refractivity contribution in [2.24, 2.45) is 0 Å². The van der Waals surface area contributed by atoms with Gasteiger partial charge in [-0.25, -0.2) is 0 Å². The lowest BCUT2D eigenvalue weighted by Gasteiger charge is -1.62. The zero-order valence-electron chi connectivity index (χ0n) is 10.9. The third kappa shape index (κ3) is 14.1. The molecule has 0 aromatic carbocycles. The number of hydrogen-bond acceptors (Lipinski definition) is 1. The molecule has 1 heteroatoms. The van der Waals surface area contributed by atoms with Gasteiger partial charge in [0.15, 0.2) is 0 Å². The maximum atomic E-state index is 10.4. The molecule has 0 saturated carbocycles. The molecule has 0 rings (SSSR count). The fourth-order valence-corrected chi connectivity index (χ4v) is 0.557. The van der Waals surface area contributed by atoms with Crippen molar-refractivity contribution in [3.8, 4) is 94.7 Å². The molecule has 0 atom stereocenters. The Balaban J connectivity index is 4.34. The summed E-state index contributed by atoms with van der Waals surface area (Å²) in [4.78, 5) is 10.4. The van der Waals surface area contributed by atoms with Gasteiger partial charge in [0.25, 0.3) is 0 Å². The lowest BCUT2D eigenvalue weighted by molar-refractivity contribution is -0.111. The summed E-state index contributed by atoms with van der Waals surface area (Å²) in [5.74, 6) is 39.2. The number of Topliss-reactive ketones (excluding diaryl/α,β-unsaturated/α-hetero) is 1. The summed E-state index contributed by atoms with van der Waals surface area (Å²) in [5, 5.41) is 0. The van der Waals surface area contributed by atoms with Crippen LogP contribution in [0.25, 0.3) is 0 Å². The van der Waals surface area contributed by atoms with Gasteiger partial charge in [-0.1, -0.05) is 5.92 Å². The van der Waals surface area contributed by atoms with E-state index in [1.54, 1.807) is 6.92 Å². The number of carbonyl (C=O) groups excluding carboxylic acids is 1. The van der Waals surface area contributed by atoms with Gasteiger partial charge >= 0.3 is 0 Å². The Morgan fingerprint density at radius 1 is 0.550 bits per heavy atom. The SMILES string of the molecule is CC#CC#CC#CC#CC#CC#CC#CC#CC(C)=O. The van der Waals surface area contributed by atoms with Gasteiger partial charge in [0.1, 0.15) is 0 Å². The van der Waals surface area contributed by atoms with Crippen LogP contribution in [-0.2, 0) is 4.79 Å². The lowest BCUT2D eigenvalue weighted by atomic mass is 10.4. The standard InChI is InChI=1S/C19H6O/c1-3-4-5-6-7-8-9-10-11-12-13-14-15-16-17-18-19(2)20/h1-2H3. The molecule has 1 nitrogen and oxygen atoms in total. The predicted octanol–water partition coefficient (Wildman–Crippen LogP) is 0.623. The summed E-state index contributed by atoms with van der Waals surface area (Å²) in [6, 6.07) is 0. The highest BCUT2D eigenvalue weighted by atomic mass is 16.1. The minimum atomic E-state index is -0.241. The van der Waals surface area contributed by atoms with E-state index in [1.807, 2.05) is 0 Å². The van der Waals surface area contributed by atoms with E-state index in [-0.39, 0.29) is 5.78 Å². The average Bonchev–Trinajstić information content (AvgIpc) is 2.43. The molecule has 0 saturated heterocycles. The average molecular weight is 250 g/mol. The van der Waals surface area contributed by atoms with Crippen LogP contribution < -0.4 is 0 Å². The summed E-state index contributed by atoms with van der Waals surface area (Å²) >= 11 is 0. The number of hydrogen-bond donors (Lipinski definition) is 0. The molecule has 0 aliphatic rings. The van der Waals surface area contributed by atoms with E-state index >= 15 is 0 Å². The zero-order valence-corrected chi connectivity index (χ0v) is 10.9.